The van der Waals surface area contributed by atoms with Crippen LogP contribution in [0.4, 0.5) is 10.5 Å². The third-order valence-corrected chi connectivity index (χ3v) is 4.98. The molecule has 0 aliphatic heterocycles. The number of carbonyl (C=O) groups excluding carboxylic acids is 1. The molecule has 144 valence electrons. The number of pyridine rings is 1. The highest BCUT2D eigenvalue weighted by atomic mass is 16.6. The zero-order valence-corrected chi connectivity index (χ0v) is 15.6. The van der Waals surface area contributed by atoms with E-state index in [9.17, 15) is 4.79 Å². The van der Waals surface area contributed by atoms with Gasteiger partial charge in [-0.1, -0.05) is 12.1 Å². The molecule has 2 aromatic rings. The highest BCUT2D eigenvalue weighted by Crippen LogP contribution is 2.30. The number of nitrogens with one attached hydrogen (secondary N) is 1. The van der Waals surface area contributed by atoms with Crippen molar-refractivity contribution in [3.63, 3.8) is 0 Å². The van der Waals surface area contributed by atoms with E-state index in [2.05, 4.69) is 10.3 Å². The molecule has 1 aromatic carbocycles. The van der Waals surface area contributed by atoms with Crippen LogP contribution in [0.25, 0.3) is 11.1 Å². The zero-order valence-electron chi connectivity index (χ0n) is 15.6. The van der Waals surface area contributed by atoms with Crippen LogP contribution in [-0.2, 0) is 17.6 Å². The number of fused-ring (bicyclic) bond motifs is 1. The molecule has 27 heavy (non-hydrogen) atoms. The summed E-state index contributed by atoms with van der Waals surface area (Å²) in [5, 5.41) is 2.76. The van der Waals surface area contributed by atoms with Gasteiger partial charge in [0.25, 0.3) is 0 Å². The van der Waals surface area contributed by atoms with Gasteiger partial charge in [-0.2, -0.15) is 0 Å². The predicted octanol–water partition coefficient (Wildman–Crippen LogP) is 3.04. The first kappa shape index (κ1) is 19.2. The van der Waals surface area contributed by atoms with E-state index in [4.69, 9.17) is 16.2 Å². The lowest BCUT2D eigenvalue weighted by Crippen LogP contribution is -2.31. The molecule has 0 bridgehead atoms. The molecule has 1 amide bonds. The summed E-state index contributed by atoms with van der Waals surface area (Å²) >= 11 is 0. The Morgan fingerprint density at radius 3 is 2.78 bits per heavy atom. The molecule has 1 aromatic heterocycles. The molecule has 0 spiro atoms. The van der Waals surface area contributed by atoms with Gasteiger partial charge in [0.2, 0.25) is 0 Å². The van der Waals surface area contributed by atoms with E-state index in [1.165, 1.54) is 16.7 Å². The minimum atomic E-state index is -0.344. The standard InChI is InChI=1S/C21H28N4O2/c22-11-2-12-25-21(26)27-18-3-1-4-19-16(7-10-18)13-24-14-20(19)15-5-8-17(23)9-6-15/h5-6,8-9,13-14,18H,1-4,7,10-12,22-23H2,(H,25,26). The van der Waals surface area contributed by atoms with E-state index in [1.54, 1.807) is 0 Å². The summed E-state index contributed by atoms with van der Waals surface area (Å²) in [6.07, 6.45) is 8.69. The SMILES string of the molecule is NCCCNC(=O)OC1CCCc2c(cncc2-c2ccc(N)cc2)CC1. The number of nitrogens with zero attached hydrogens (tertiary/aromatic N) is 1. The van der Waals surface area contributed by atoms with Crippen LogP contribution in [0, 0.1) is 0 Å². The lowest BCUT2D eigenvalue weighted by atomic mass is 9.88. The number of aryl methyl sites for hydroxylation is 1. The summed E-state index contributed by atoms with van der Waals surface area (Å²) in [5.41, 5.74) is 16.9. The lowest BCUT2D eigenvalue weighted by molar-refractivity contribution is 0.0856. The van der Waals surface area contributed by atoms with Gasteiger partial charge in [-0.15, -0.1) is 0 Å². The number of carbonyl (C=O) groups is 1. The summed E-state index contributed by atoms with van der Waals surface area (Å²) in [5.74, 6) is 0. The summed E-state index contributed by atoms with van der Waals surface area (Å²) in [6.45, 7) is 1.11. The number of aromatic nitrogens is 1. The Morgan fingerprint density at radius 2 is 2.00 bits per heavy atom. The van der Waals surface area contributed by atoms with Gasteiger partial charge in [0.1, 0.15) is 6.10 Å². The average molecular weight is 368 g/mol. The Hall–Kier alpha value is -2.60. The van der Waals surface area contributed by atoms with Crippen molar-refractivity contribution in [1.82, 2.24) is 10.3 Å². The number of hydrogen-bond donors (Lipinski definition) is 3. The van der Waals surface area contributed by atoms with Crippen LogP contribution in [0.3, 0.4) is 0 Å². The molecule has 3 rings (SSSR count). The van der Waals surface area contributed by atoms with Crippen molar-refractivity contribution in [2.75, 3.05) is 18.8 Å². The van der Waals surface area contributed by atoms with Crippen LogP contribution in [0.1, 0.15) is 36.8 Å². The first-order valence-electron chi connectivity index (χ1n) is 9.63. The van der Waals surface area contributed by atoms with E-state index in [0.717, 1.165) is 49.8 Å². The summed E-state index contributed by atoms with van der Waals surface area (Å²) in [6, 6.07) is 7.93. The topological polar surface area (TPSA) is 103 Å². The Bertz CT molecular complexity index is 761. The molecule has 0 fully saturated rings. The zero-order chi connectivity index (χ0) is 19.1. The minimum Gasteiger partial charge on any atom is -0.446 e. The Balaban J connectivity index is 1.68. The van der Waals surface area contributed by atoms with Gasteiger partial charge in [0.05, 0.1) is 0 Å². The van der Waals surface area contributed by atoms with Gasteiger partial charge >= 0.3 is 6.09 Å². The second-order valence-electron chi connectivity index (χ2n) is 6.97. The highest BCUT2D eigenvalue weighted by molar-refractivity contribution is 5.69. The molecule has 0 radical (unpaired) electrons. The van der Waals surface area contributed by atoms with Crippen molar-refractivity contribution in [3.05, 3.63) is 47.8 Å². The monoisotopic (exact) mass is 368 g/mol. The first-order valence-corrected chi connectivity index (χ1v) is 9.63. The summed E-state index contributed by atoms with van der Waals surface area (Å²) < 4.78 is 5.59. The van der Waals surface area contributed by atoms with E-state index < -0.39 is 0 Å². The lowest BCUT2D eigenvalue weighted by Gasteiger charge is -2.23. The van der Waals surface area contributed by atoms with Gasteiger partial charge < -0.3 is 21.5 Å². The third-order valence-electron chi connectivity index (χ3n) is 4.98. The number of ether oxygens (including phenoxy) is 1. The summed E-state index contributed by atoms with van der Waals surface area (Å²) in [7, 11) is 0. The first-order chi connectivity index (χ1) is 13.2. The molecule has 6 heteroatoms. The Kier molecular flexibility index (Phi) is 6.65. The quantitative estimate of drug-likeness (QED) is 0.556. The minimum absolute atomic E-state index is 0.0591. The smallest absolute Gasteiger partial charge is 0.407 e. The van der Waals surface area contributed by atoms with Crippen molar-refractivity contribution in [1.29, 1.82) is 0 Å². The largest absolute Gasteiger partial charge is 0.446 e. The van der Waals surface area contributed by atoms with E-state index in [-0.39, 0.29) is 12.2 Å². The fraction of sp³-hybridized carbons (Fsp3) is 0.429. The molecule has 0 saturated heterocycles. The van der Waals surface area contributed by atoms with Crippen molar-refractivity contribution in [2.24, 2.45) is 5.73 Å². The van der Waals surface area contributed by atoms with E-state index in [1.807, 2.05) is 36.7 Å². The van der Waals surface area contributed by atoms with Crippen molar-refractivity contribution < 1.29 is 9.53 Å². The molecule has 6 nitrogen and oxygen atoms in total. The number of alkyl carbamates (subject to hydrolysis) is 1. The second-order valence-corrected chi connectivity index (χ2v) is 6.97. The van der Waals surface area contributed by atoms with Gasteiger partial charge in [0, 0.05) is 30.2 Å². The molecule has 1 unspecified atom stereocenters. The van der Waals surface area contributed by atoms with Crippen LogP contribution in [0.15, 0.2) is 36.7 Å². The van der Waals surface area contributed by atoms with Gasteiger partial charge in [-0.05, 0) is 73.9 Å². The maximum atomic E-state index is 11.9. The van der Waals surface area contributed by atoms with Crippen LogP contribution in [0.2, 0.25) is 0 Å². The van der Waals surface area contributed by atoms with Gasteiger partial charge in [-0.25, -0.2) is 4.79 Å². The highest BCUT2D eigenvalue weighted by Gasteiger charge is 2.20. The van der Waals surface area contributed by atoms with Crippen LogP contribution >= 0.6 is 0 Å². The maximum absolute atomic E-state index is 11.9. The predicted molar refractivity (Wildman–Crippen MR) is 107 cm³/mol. The maximum Gasteiger partial charge on any atom is 0.407 e. The average Bonchev–Trinajstić information content (AvgIpc) is 2.65. The van der Waals surface area contributed by atoms with Crippen molar-refractivity contribution in [3.8, 4) is 11.1 Å². The number of benzene rings is 1. The van der Waals surface area contributed by atoms with Crippen molar-refractivity contribution in [2.45, 2.75) is 44.6 Å². The number of rotatable bonds is 5. The molecule has 0 saturated carbocycles. The van der Waals surface area contributed by atoms with E-state index in [0.29, 0.717) is 13.1 Å². The number of amides is 1. The number of hydrogen-bond acceptors (Lipinski definition) is 5. The molecule has 1 atom stereocenters. The Labute approximate surface area is 160 Å². The van der Waals surface area contributed by atoms with Crippen LogP contribution in [-0.4, -0.2) is 30.3 Å². The van der Waals surface area contributed by atoms with Gasteiger partial charge in [-0.3, -0.25) is 4.98 Å². The fourth-order valence-corrected chi connectivity index (χ4v) is 3.52. The fourth-order valence-electron chi connectivity index (χ4n) is 3.52. The number of anilines is 1. The molecule has 1 heterocycles. The molecular weight excluding hydrogens is 340 g/mol. The van der Waals surface area contributed by atoms with E-state index >= 15 is 0 Å². The van der Waals surface area contributed by atoms with Crippen molar-refractivity contribution >= 4 is 11.8 Å². The molecule has 1 aliphatic rings. The van der Waals surface area contributed by atoms with Gasteiger partial charge in [0.15, 0.2) is 0 Å². The second kappa shape index (κ2) is 9.37. The summed E-state index contributed by atoms with van der Waals surface area (Å²) in [4.78, 5) is 16.3. The normalized spacial score (nSPS) is 16.7. The molecule has 5 N–H and O–H groups in total. The Morgan fingerprint density at radius 1 is 1.19 bits per heavy atom. The number of nitrogens with two attached hydrogens (primary N) is 2. The van der Waals surface area contributed by atoms with Crippen LogP contribution < -0.4 is 16.8 Å². The number of nitrogen functional groups attached to an aromatic ring is 1. The van der Waals surface area contributed by atoms with Crippen LogP contribution in [0.5, 0.6) is 0 Å². The molecular formula is C21H28N4O2. The molecule has 1 aliphatic carbocycles. The third kappa shape index (κ3) is 5.20.